The van der Waals surface area contributed by atoms with E-state index in [4.69, 9.17) is 0 Å². The molecule has 0 aromatic heterocycles. The molecule has 0 aliphatic heterocycles. The van der Waals surface area contributed by atoms with E-state index in [9.17, 15) is 0 Å². The highest BCUT2D eigenvalue weighted by atomic mass is 14.4. The van der Waals surface area contributed by atoms with Gasteiger partial charge in [0.15, 0.2) is 0 Å². The van der Waals surface area contributed by atoms with E-state index >= 15 is 0 Å². The van der Waals surface area contributed by atoms with Crippen LogP contribution in [0.3, 0.4) is 0 Å². The van der Waals surface area contributed by atoms with Crippen LogP contribution in [-0.4, -0.2) is 0 Å². The van der Waals surface area contributed by atoms with Gasteiger partial charge >= 0.3 is 0 Å². The SMILES string of the molecule is CCCCC1CCCCC2(CCCC(CCCC3CCCCCC4(CCCC(CC)C4)C3)C2)C1. The van der Waals surface area contributed by atoms with Crippen molar-refractivity contribution in [3.8, 4) is 0 Å². The number of hydrogen-bond acceptors (Lipinski definition) is 0. The summed E-state index contributed by atoms with van der Waals surface area (Å²) in [7, 11) is 0. The summed E-state index contributed by atoms with van der Waals surface area (Å²) in [5.74, 6) is 4.24. The highest BCUT2D eigenvalue weighted by Crippen LogP contribution is 2.53. The molecule has 4 aliphatic rings. The summed E-state index contributed by atoms with van der Waals surface area (Å²) in [5.41, 5.74) is 1.52. The zero-order valence-corrected chi connectivity index (χ0v) is 23.7. The molecule has 0 amide bonds. The van der Waals surface area contributed by atoms with E-state index < -0.39 is 0 Å². The fourth-order valence-corrected chi connectivity index (χ4v) is 9.94. The van der Waals surface area contributed by atoms with Crippen molar-refractivity contribution in [1.29, 1.82) is 0 Å². The van der Waals surface area contributed by atoms with E-state index in [-0.39, 0.29) is 0 Å². The Bertz CT molecular complexity index is 564. The molecular weight excluding hydrogens is 408 g/mol. The van der Waals surface area contributed by atoms with Gasteiger partial charge in [-0.25, -0.2) is 0 Å². The third kappa shape index (κ3) is 7.75. The van der Waals surface area contributed by atoms with Gasteiger partial charge in [-0.05, 0) is 85.9 Å². The summed E-state index contributed by atoms with van der Waals surface area (Å²) in [5, 5.41) is 0. The summed E-state index contributed by atoms with van der Waals surface area (Å²) in [6.45, 7) is 4.85. The van der Waals surface area contributed by atoms with Gasteiger partial charge in [0.25, 0.3) is 0 Å². The van der Waals surface area contributed by atoms with E-state index in [1.807, 2.05) is 0 Å². The van der Waals surface area contributed by atoms with E-state index in [1.54, 1.807) is 96.3 Å². The average Bonchev–Trinajstić information content (AvgIpc) is 3.03. The maximum absolute atomic E-state index is 2.46. The molecule has 4 aliphatic carbocycles. The van der Waals surface area contributed by atoms with E-state index in [0.717, 1.165) is 34.5 Å². The van der Waals surface area contributed by atoms with Crippen LogP contribution in [0.5, 0.6) is 0 Å². The molecule has 0 bridgehead atoms. The molecule has 6 unspecified atom stereocenters. The average molecular weight is 471 g/mol. The van der Waals surface area contributed by atoms with E-state index in [2.05, 4.69) is 13.8 Å². The van der Waals surface area contributed by atoms with Crippen LogP contribution in [0.15, 0.2) is 0 Å². The minimum atomic E-state index is 0.757. The lowest BCUT2D eigenvalue weighted by Crippen LogP contribution is -2.32. The fraction of sp³-hybridized carbons (Fsp3) is 1.00. The molecule has 198 valence electrons. The summed E-state index contributed by atoms with van der Waals surface area (Å²) in [6.07, 6.45) is 40.2. The molecule has 0 aromatic carbocycles. The Morgan fingerprint density at radius 1 is 0.471 bits per heavy atom. The zero-order chi connectivity index (χ0) is 23.7. The standard InChI is InChI=1S/C34H62/c1-3-5-14-30-16-8-10-22-34(26-30)24-13-20-32(28-34)18-11-17-31-15-7-6-9-21-33(27-31)23-12-19-29(4-2)25-33/h29-32H,3-28H2,1-2H3. The first-order valence-electron chi connectivity index (χ1n) is 16.6. The highest BCUT2D eigenvalue weighted by Gasteiger charge is 2.40. The Balaban J connectivity index is 1.27. The number of hydrogen-bond donors (Lipinski definition) is 0. The van der Waals surface area contributed by atoms with Crippen molar-refractivity contribution in [3.63, 3.8) is 0 Å². The van der Waals surface area contributed by atoms with Crippen molar-refractivity contribution < 1.29 is 0 Å². The summed E-state index contributed by atoms with van der Waals surface area (Å²) in [6, 6.07) is 0. The Morgan fingerprint density at radius 3 is 1.50 bits per heavy atom. The lowest BCUT2D eigenvalue weighted by molar-refractivity contribution is 0.0700. The summed E-state index contributed by atoms with van der Waals surface area (Å²) >= 11 is 0. The van der Waals surface area contributed by atoms with Crippen molar-refractivity contribution in [2.24, 2.45) is 34.5 Å². The predicted octanol–water partition coefficient (Wildman–Crippen LogP) is 11.7. The van der Waals surface area contributed by atoms with Gasteiger partial charge in [0.1, 0.15) is 0 Å². The smallest absolute Gasteiger partial charge is 0.0292 e. The lowest BCUT2D eigenvalue weighted by atomic mass is 9.61. The second kappa shape index (κ2) is 13.5. The van der Waals surface area contributed by atoms with Gasteiger partial charge < -0.3 is 0 Å². The summed E-state index contributed by atoms with van der Waals surface area (Å²) in [4.78, 5) is 0. The first-order chi connectivity index (χ1) is 16.6. The third-order valence-electron chi connectivity index (χ3n) is 11.7. The zero-order valence-electron chi connectivity index (χ0n) is 23.7. The molecule has 34 heavy (non-hydrogen) atoms. The molecular formula is C34H62. The second-order valence-corrected chi connectivity index (χ2v) is 14.4. The summed E-state index contributed by atoms with van der Waals surface area (Å²) < 4.78 is 0. The van der Waals surface area contributed by atoms with Crippen LogP contribution in [0, 0.1) is 34.5 Å². The Kier molecular flexibility index (Phi) is 10.8. The number of rotatable bonds is 8. The molecule has 0 radical (unpaired) electrons. The predicted molar refractivity (Wildman–Crippen MR) is 150 cm³/mol. The van der Waals surface area contributed by atoms with Crippen molar-refractivity contribution >= 4 is 0 Å². The van der Waals surface area contributed by atoms with Gasteiger partial charge in [-0.1, -0.05) is 129 Å². The minimum absolute atomic E-state index is 0.757. The van der Waals surface area contributed by atoms with Crippen LogP contribution in [0.4, 0.5) is 0 Å². The molecule has 0 nitrogen and oxygen atoms in total. The van der Waals surface area contributed by atoms with Gasteiger partial charge in [-0.2, -0.15) is 0 Å². The van der Waals surface area contributed by atoms with Crippen LogP contribution >= 0.6 is 0 Å². The van der Waals surface area contributed by atoms with Crippen molar-refractivity contribution in [1.82, 2.24) is 0 Å². The Morgan fingerprint density at radius 2 is 0.912 bits per heavy atom. The quantitative estimate of drug-likeness (QED) is 0.331. The van der Waals surface area contributed by atoms with Crippen LogP contribution in [0.2, 0.25) is 0 Å². The van der Waals surface area contributed by atoms with Crippen LogP contribution < -0.4 is 0 Å². The normalized spacial score (nSPS) is 40.1. The van der Waals surface area contributed by atoms with Crippen molar-refractivity contribution in [2.75, 3.05) is 0 Å². The molecule has 4 rings (SSSR count). The van der Waals surface area contributed by atoms with Crippen LogP contribution in [0.25, 0.3) is 0 Å². The molecule has 0 saturated heterocycles. The first kappa shape index (κ1) is 27.0. The molecule has 0 heteroatoms. The second-order valence-electron chi connectivity index (χ2n) is 14.4. The molecule has 4 fully saturated rings. The van der Waals surface area contributed by atoms with Gasteiger partial charge in [-0.3, -0.25) is 0 Å². The maximum Gasteiger partial charge on any atom is -0.0292 e. The maximum atomic E-state index is 2.46. The molecule has 0 heterocycles. The third-order valence-corrected chi connectivity index (χ3v) is 11.7. The van der Waals surface area contributed by atoms with E-state index in [0.29, 0.717) is 0 Å². The molecule has 6 atom stereocenters. The van der Waals surface area contributed by atoms with Crippen molar-refractivity contribution in [2.45, 2.75) is 181 Å². The van der Waals surface area contributed by atoms with E-state index in [1.165, 1.54) is 70.6 Å². The molecule has 4 saturated carbocycles. The number of unbranched alkanes of at least 4 members (excludes halogenated alkanes) is 1. The Hall–Kier alpha value is 0. The Labute approximate surface area is 215 Å². The monoisotopic (exact) mass is 470 g/mol. The van der Waals surface area contributed by atoms with Crippen LogP contribution in [-0.2, 0) is 0 Å². The topological polar surface area (TPSA) is 0 Å². The first-order valence-corrected chi connectivity index (χ1v) is 16.6. The van der Waals surface area contributed by atoms with Gasteiger partial charge in [0, 0.05) is 0 Å². The molecule has 2 spiro atoms. The van der Waals surface area contributed by atoms with Crippen LogP contribution in [0.1, 0.15) is 181 Å². The largest absolute Gasteiger partial charge is 0.0654 e. The molecule has 0 N–H and O–H groups in total. The highest BCUT2D eigenvalue weighted by molar-refractivity contribution is 4.91. The lowest BCUT2D eigenvalue weighted by Gasteiger charge is -2.45. The van der Waals surface area contributed by atoms with Gasteiger partial charge in [0.05, 0.1) is 0 Å². The molecule has 0 aromatic rings. The van der Waals surface area contributed by atoms with Gasteiger partial charge in [-0.15, -0.1) is 0 Å². The van der Waals surface area contributed by atoms with Crippen molar-refractivity contribution in [3.05, 3.63) is 0 Å². The minimum Gasteiger partial charge on any atom is -0.0654 e. The fourth-order valence-electron chi connectivity index (χ4n) is 9.94. The van der Waals surface area contributed by atoms with Gasteiger partial charge in [0.2, 0.25) is 0 Å².